The fourth-order valence-corrected chi connectivity index (χ4v) is 1.65. The third kappa shape index (κ3) is 7.01. The first-order valence-corrected chi connectivity index (χ1v) is 6.59. The van der Waals surface area contributed by atoms with Crippen molar-refractivity contribution in [1.82, 2.24) is 10.3 Å². The van der Waals surface area contributed by atoms with Gasteiger partial charge in [0, 0.05) is 19.2 Å². The van der Waals surface area contributed by atoms with E-state index in [1.165, 1.54) is 0 Å². The lowest BCUT2D eigenvalue weighted by Gasteiger charge is -2.04. The second kappa shape index (κ2) is 9.59. The van der Waals surface area contributed by atoms with Crippen molar-refractivity contribution in [3.05, 3.63) is 30.1 Å². The predicted octanol–water partition coefficient (Wildman–Crippen LogP) is 2.29. The first-order chi connectivity index (χ1) is 8.83. The van der Waals surface area contributed by atoms with E-state index in [1.54, 1.807) is 6.20 Å². The molecule has 0 spiro atoms. The van der Waals surface area contributed by atoms with Gasteiger partial charge in [-0.2, -0.15) is 0 Å². The van der Waals surface area contributed by atoms with Crippen molar-refractivity contribution in [2.75, 3.05) is 13.2 Å². The van der Waals surface area contributed by atoms with Gasteiger partial charge in [0.15, 0.2) is 0 Å². The molecule has 0 bridgehead atoms. The Bertz CT molecular complexity index is 328. The van der Waals surface area contributed by atoms with E-state index in [4.69, 9.17) is 4.74 Å². The van der Waals surface area contributed by atoms with Gasteiger partial charge in [-0.05, 0) is 38.4 Å². The molecule has 100 valence electrons. The standard InChI is InChI=1S/C14H22N2O2/c1-2-18-14(17)9-4-3-6-10-15-12-13-8-5-7-11-16-13/h5,7-8,11,15H,2-4,6,9-10,12H2,1H3. The van der Waals surface area contributed by atoms with Gasteiger partial charge < -0.3 is 10.1 Å². The number of hydrogen-bond acceptors (Lipinski definition) is 4. The third-order valence-corrected chi connectivity index (χ3v) is 2.57. The Morgan fingerprint density at radius 2 is 2.22 bits per heavy atom. The highest BCUT2D eigenvalue weighted by molar-refractivity contribution is 5.69. The van der Waals surface area contributed by atoms with Crippen LogP contribution in [0.4, 0.5) is 0 Å². The highest BCUT2D eigenvalue weighted by Crippen LogP contribution is 2.01. The summed E-state index contributed by atoms with van der Waals surface area (Å²) in [5, 5.41) is 3.34. The Hall–Kier alpha value is -1.42. The number of pyridine rings is 1. The van der Waals surface area contributed by atoms with Gasteiger partial charge in [0.2, 0.25) is 0 Å². The highest BCUT2D eigenvalue weighted by atomic mass is 16.5. The van der Waals surface area contributed by atoms with E-state index in [1.807, 2.05) is 25.1 Å². The highest BCUT2D eigenvalue weighted by Gasteiger charge is 2.00. The molecule has 0 atom stereocenters. The van der Waals surface area contributed by atoms with E-state index < -0.39 is 0 Å². The lowest BCUT2D eigenvalue weighted by molar-refractivity contribution is -0.143. The monoisotopic (exact) mass is 250 g/mol. The molecule has 1 aromatic rings. The fourth-order valence-electron chi connectivity index (χ4n) is 1.65. The van der Waals surface area contributed by atoms with E-state index in [0.717, 1.165) is 38.0 Å². The molecule has 4 nitrogen and oxygen atoms in total. The second-order valence-corrected chi connectivity index (χ2v) is 4.11. The number of carbonyl (C=O) groups excluding carboxylic acids is 1. The quantitative estimate of drug-likeness (QED) is 0.539. The molecule has 0 amide bonds. The van der Waals surface area contributed by atoms with Crippen LogP contribution in [0.3, 0.4) is 0 Å². The zero-order chi connectivity index (χ0) is 13.1. The first-order valence-electron chi connectivity index (χ1n) is 6.59. The first kappa shape index (κ1) is 14.6. The number of carbonyl (C=O) groups is 1. The van der Waals surface area contributed by atoms with Gasteiger partial charge in [0.25, 0.3) is 0 Å². The van der Waals surface area contributed by atoms with Gasteiger partial charge in [-0.1, -0.05) is 12.5 Å². The maximum Gasteiger partial charge on any atom is 0.305 e. The van der Waals surface area contributed by atoms with Crippen molar-refractivity contribution in [3.63, 3.8) is 0 Å². The molecule has 0 unspecified atom stereocenters. The third-order valence-electron chi connectivity index (χ3n) is 2.57. The summed E-state index contributed by atoms with van der Waals surface area (Å²) in [4.78, 5) is 15.3. The number of ether oxygens (including phenoxy) is 1. The Morgan fingerprint density at radius 1 is 1.33 bits per heavy atom. The number of nitrogens with one attached hydrogen (secondary N) is 1. The van der Waals surface area contributed by atoms with Gasteiger partial charge in [-0.25, -0.2) is 0 Å². The second-order valence-electron chi connectivity index (χ2n) is 4.11. The number of aromatic nitrogens is 1. The summed E-state index contributed by atoms with van der Waals surface area (Å²) < 4.78 is 4.86. The summed E-state index contributed by atoms with van der Waals surface area (Å²) in [6.07, 6.45) is 5.37. The summed E-state index contributed by atoms with van der Waals surface area (Å²) in [5.74, 6) is -0.0843. The number of nitrogens with zero attached hydrogens (tertiary/aromatic N) is 1. The number of rotatable bonds is 9. The maximum atomic E-state index is 11.1. The Morgan fingerprint density at radius 3 is 2.94 bits per heavy atom. The van der Waals surface area contributed by atoms with Crippen LogP contribution in [0.15, 0.2) is 24.4 Å². The molecular formula is C14H22N2O2. The topological polar surface area (TPSA) is 51.2 Å². The van der Waals surface area contributed by atoms with E-state index in [9.17, 15) is 4.79 Å². The molecule has 0 aliphatic rings. The largest absolute Gasteiger partial charge is 0.466 e. The van der Waals surface area contributed by atoms with Crippen LogP contribution in [0.25, 0.3) is 0 Å². The van der Waals surface area contributed by atoms with Crippen LogP contribution in [0.2, 0.25) is 0 Å². The van der Waals surface area contributed by atoms with Gasteiger partial charge in [0.1, 0.15) is 0 Å². The minimum absolute atomic E-state index is 0.0843. The van der Waals surface area contributed by atoms with E-state index in [-0.39, 0.29) is 5.97 Å². The fraction of sp³-hybridized carbons (Fsp3) is 0.571. The number of esters is 1. The average molecular weight is 250 g/mol. The van der Waals surface area contributed by atoms with Gasteiger partial charge in [-0.15, -0.1) is 0 Å². The van der Waals surface area contributed by atoms with Crippen molar-refractivity contribution in [3.8, 4) is 0 Å². The van der Waals surface area contributed by atoms with Crippen molar-refractivity contribution in [2.45, 2.75) is 39.2 Å². The van der Waals surface area contributed by atoms with Gasteiger partial charge >= 0.3 is 5.97 Å². The zero-order valence-corrected chi connectivity index (χ0v) is 11.0. The van der Waals surface area contributed by atoms with Crippen LogP contribution in [0, 0.1) is 0 Å². The molecular weight excluding hydrogens is 228 g/mol. The summed E-state index contributed by atoms with van der Waals surface area (Å²) in [7, 11) is 0. The van der Waals surface area contributed by atoms with E-state index >= 15 is 0 Å². The van der Waals surface area contributed by atoms with Crippen LogP contribution >= 0.6 is 0 Å². The molecule has 18 heavy (non-hydrogen) atoms. The summed E-state index contributed by atoms with van der Waals surface area (Å²) >= 11 is 0. The molecule has 0 aliphatic heterocycles. The molecule has 1 rings (SSSR count). The lowest BCUT2D eigenvalue weighted by Crippen LogP contribution is -2.15. The van der Waals surface area contributed by atoms with Crippen LogP contribution in [0.5, 0.6) is 0 Å². The maximum absolute atomic E-state index is 11.1. The Kier molecular flexibility index (Phi) is 7.80. The molecule has 0 saturated carbocycles. The van der Waals surface area contributed by atoms with Crippen molar-refractivity contribution in [2.24, 2.45) is 0 Å². The van der Waals surface area contributed by atoms with Crippen LogP contribution in [0.1, 0.15) is 38.3 Å². The van der Waals surface area contributed by atoms with Crippen LogP contribution in [-0.2, 0) is 16.1 Å². The predicted molar refractivity (Wildman–Crippen MR) is 71.0 cm³/mol. The molecule has 1 aromatic heterocycles. The van der Waals surface area contributed by atoms with Crippen LogP contribution in [-0.4, -0.2) is 24.1 Å². The Labute approximate surface area is 109 Å². The number of unbranched alkanes of at least 4 members (excludes halogenated alkanes) is 2. The number of hydrogen-bond donors (Lipinski definition) is 1. The summed E-state index contributed by atoms with van der Waals surface area (Å²) in [5.41, 5.74) is 1.06. The SMILES string of the molecule is CCOC(=O)CCCCCNCc1ccccn1. The van der Waals surface area contributed by atoms with E-state index in [2.05, 4.69) is 10.3 Å². The molecule has 4 heteroatoms. The molecule has 1 N–H and O–H groups in total. The Balaban J connectivity index is 1.92. The van der Waals surface area contributed by atoms with Gasteiger partial charge in [-0.3, -0.25) is 9.78 Å². The minimum atomic E-state index is -0.0843. The van der Waals surface area contributed by atoms with Crippen molar-refractivity contribution >= 4 is 5.97 Å². The van der Waals surface area contributed by atoms with Crippen LogP contribution < -0.4 is 5.32 Å². The molecule has 1 heterocycles. The van der Waals surface area contributed by atoms with E-state index in [0.29, 0.717) is 13.0 Å². The molecule has 0 saturated heterocycles. The lowest BCUT2D eigenvalue weighted by atomic mass is 10.2. The normalized spacial score (nSPS) is 10.3. The minimum Gasteiger partial charge on any atom is -0.466 e. The van der Waals surface area contributed by atoms with Gasteiger partial charge in [0.05, 0.1) is 12.3 Å². The molecule has 0 aromatic carbocycles. The molecule has 0 aliphatic carbocycles. The van der Waals surface area contributed by atoms with Crippen molar-refractivity contribution < 1.29 is 9.53 Å². The summed E-state index contributed by atoms with van der Waals surface area (Å²) in [6, 6.07) is 5.91. The molecule has 0 fully saturated rings. The average Bonchev–Trinajstić information content (AvgIpc) is 2.39. The molecule has 0 radical (unpaired) electrons. The zero-order valence-electron chi connectivity index (χ0n) is 11.0. The summed E-state index contributed by atoms with van der Waals surface area (Å²) in [6.45, 7) is 4.07. The van der Waals surface area contributed by atoms with Crippen molar-refractivity contribution in [1.29, 1.82) is 0 Å². The smallest absolute Gasteiger partial charge is 0.305 e.